The third-order valence-electron chi connectivity index (χ3n) is 5.15. The highest BCUT2D eigenvalue weighted by Gasteiger charge is 2.24. The molecule has 4 rings (SSSR count). The standard InChI is InChI=1S/C23H22N4O/c24-13-19-8-5-11-26(15-19)23(28)21-10-4-9-20(12-21)22-14-25-27(17-22)16-18-6-2-1-3-7-18/h1-4,6-7,9-10,12,14,17,19H,5,8,11,15-16H2. The van der Waals surface area contributed by atoms with Gasteiger partial charge in [0.05, 0.1) is 24.7 Å². The maximum atomic E-state index is 12.9. The Balaban J connectivity index is 1.51. The van der Waals surface area contributed by atoms with Crippen LogP contribution in [0.5, 0.6) is 0 Å². The zero-order valence-corrected chi connectivity index (χ0v) is 15.7. The molecule has 1 fully saturated rings. The Hall–Kier alpha value is -3.39. The van der Waals surface area contributed by atoms with E-state index in [9.17, 15) is 4.79 Å². The van der Waals surface area contributed by atoms with E-state index in [4.69, 9.17) is 5.26 Å². The summed E-state index contributed by atoms with van der Waals surface area (Å²) in [6, 6.07) is 20.2. The topological polar surface area (TPSA) is 61.9 Å². The van der Waals surface area contributed by atoms with Crippen molar-refractivity contribution in [3.05, 3.63) is 78.1 Å². The fourth-order valence-corrected chi connectivity index (χ4v) is 3.65. The lowest BCUT2D eigenvalue weighted by Gasteiger charge is -2.29. The lowest BCUT2D eigenvalue weighted by molar-refractivity contribution is 0.0699. The first-order valence-corrected chi connectivity index (χ1v) is 9.58. The fourth-order valence-electron chi connectivity index (χ4n) is 3.65. The largest absolute Gasteiger partial charge is 0.337 e. The van der Waals surface area contributed by atoms with Gasteiger partial charge in [0.15, 0.2) is 0 Å². The van der Waals surface area contributed by atoms with Gasteiger partial charge in [-0.25, -0.2) is 0 Å². The van der Waals surface area contributed by atoms with Crippen molar-refractivity contribution in [3.8, 4) is 17.2 Å². The number of rotatable bonds is 4. The lowest BCUT2D eigenvalue weighted by atomic mass is 9.98. The van der Waals surface area contributed by atoms with Crippen LogP contribution in [0.4, 0.5) is 0 Å². The Morgan fingerprint density at radius 1 is 1.14 bits per heavy atom. The SMILES string of the molecule is N#CC1CCCN(C(=O)c2cccc(-c3cnn(Cc4ccccc4)c3)c2)C1. The van der Waals surface area contributed by atoms with E-state index >= 15 is 0 Å². The molecule has 1 aliphatic rings. The minimum absolute atomic E-state index is 0.00141. The lowest BCUT2D eigenvalue weighted by Crippen LogP contribution is -2.39. The van der Waals surface area contributed by atoms with Crippen molar-refractivity contribution < 1.29 is 4.79 Å². The molecule has 5 nitrogen and oxygen atoms in total. The summed E-state index contributed by atoms with van der Waals surface area (Å²) in [6.07, 6.45) is 5.60. The van der Waals surface area contributed by atoms with E-state index in [0.29, 0.717) is 18.7 Å². The molecule has 1 aliphatic heterocycles. The molecular formula is C23H22N4O. The summed E-state index contributed by atoms with van der Waals surface area (Å²) in [7, 11) is 0. The normalized spacial score (nSPS) is 16.5. The number of amides is 1. The smallest absolute Gasteiger partial charge is 0.253 e. The minimum atomic E-state index is -0.0582. The summed E-state index contributed by atoms with van der Waals surface area (Å²) in [5.41, 5.74) is 3.81. The zero-order valence-electron chi connectivity index (χ0n) is 15.7. The van der Waals surface area contributed by atoms with Crippen molar-refractivity contribution in [1.82, 2.24) is 14.7 Å². The maximum Gasteiger partial charge on any atom is 0.253 e. The van der Waals surface area contributed by atoms with Crippen molar-refractivity contribution >= 4 is 5.91 Å². The number of hydrogen-bond donors (Lipinski definition) is 0. The number of aromatic nitrogens is 2. The number of nitriles is 1. The number of likely N-dealkylation sites (tertiary alicyclic amines) is 1. The Morgan fingerprint density at radius 2 is 2.00 bits per heavy atom. The summed E-state index contributed by atoms with van der Waals surface area (Å²) in [5.74, 6) is -0.0596. The molecule has 0 spiro atoms. The van der Waals surface area contributed by atoms with Gasteiger partial charge in [-0.1, -0.05) is 42.5 Å². The van der Waals surface area contributed by atoms with Crippen LogP contribution in [0.3, 0.4) is 0 Å². The van der Waals surface area contributed by atoms with Crippen molar-refractivity contribution in [2.45, 2.75) is 19.4 Å². The predicted octanol–water partition coefficient (Wildman–Crippen LogP) is 3.97. The second-order valence-corrected chi connectivity index (χ2v) is 7.21. The van der Waals surface area contributed by atoms with Crippen LogP contribution < -0.4 is 0 Å². The van der Waals surface area contributed by atoms with E-state index in [1.54, 1.807) is 4.90 Å². The quantitative estimate of drug-likeness (QED) is 0.698. The highest BCUT2D eigenvalue weighted by molar-refractivity contribution is 5.95. The van der Waals surface area contributed by atoms with E-state index in [0.717, 1.165) is 30.5 Å². The average Bonchev–Trinajstić information content (AvgIpc) is 3.22. The first kappa shape index (κ1) is 18.0. The number of nitrogens with zero attached hydrogens (tertiary/aromatic N) is 4. The van der Waals surface area contributed by atoms with Gasteiger partial charge in [-0.15, -0.1) is 0 Å². The van der Waals surface area contributed by atoms with Gasteiger partial charge in [-0.05, 0) is 36.1 Å². The van der Waals surface area contributed by atoms with E-state index in [1.165, 1.54) is 5.56 Å². The van der Waals surface area contributed by atoms with Crippen LogP contribution in [-0.2, 0) is 6.54 Å². The zero-order chi connectivity index (χ0) is 19.3. The summed E-state index contributed by atoms with van der Waals surface area (Å²) in [4.78, 5) is 14.7. The molecule has 28 heavy (non-hydrogen) atoms. The van der Waals surface area contributed by atoms with Crippen LogP contribution in [0.1, 0.15) is 28.8 Å². The highest BCUT2D eigenvalue weighted by Crippen LogP contribution is 2.23. The Morgan fingerprint density at radius 3 is 2.82 bits per heavy atom. The molecule has 3 aromatic rings. The van der Waals surface area contributed by atoms with E-state index < -0.39 is 0 Å². The van der Waals surface area contributed by atoms with Gasteiger partial charge in [0.1, 0.15) is 0 Å². The van der Waals surface area contributed by atoms with E-state index in [1.807, 2.05) is 59.5 Å². The molecule has 0 bridgehead atoms. The van der Waals surface area contributed by atoms with E-state index in [2.05, 4.69) is 23.3 Å². The van der Waals surface area contributed by atoms with Crippen molar-refractivity contribution in [2.75, 3.05) is 13.1 Å². The highest BCUT2D eigenvalue weighted by atomic mass is 16.2. The summed E-state index contributed by atoms with van der Waals surface area (Å²) in [6.45, 7) is 1.95. The molecule has 0 radical (unpaired) electrons. The molecule has 0 N–H and O–H groups in total. The summed E-state index contributed by atoms with van der Waals surface area (Å²) >= 11 is 0. The molecule has 2 aromatic carbocycles. The van der Waals surface area contributed by atoms with Crippen molar-refractivity contribution in [1.29, 1.82) is 5.26 Å². The fraction of sp³-hybridized carbons (Fsp3) is 0.261. The monoisotopic (exact) mass is 370 g/mol. The number of benzene rings is 2. The minimum Gasteiger partial charge on any atom is -0.337 e. The van der Waals surface area contributed by atoms with Crippen LogP contribution in [0.15, 0.2) is 67.0 Å². The molecule has 1 amide bonds. The second kappa shape index (κ2) is 8.10. The molecule has 5 heteroatoms. The predicted molar refractivity (Wildman–Crippen MR) is 107 cm³/mol. The Kier molecular flexibility index (Phi) is 5.20. The van der Waals surface area contributed by atoms with Crippen molar-refractivity contribution in [2.24, 2.45) is 5.92 Å². The summed E-state index contributed by atoms with van der Waals surface area (Å²) < 4.78 is 1.90. The molecule has 140 valence electrons. The van der Waals surface area contributed by atoms with Crippen molar-refractivity contribution in [3.63, 3.8) is 0 Å². The van der Waals surface area contributed by atoms with Gasteiger partial charge in [0.25, 0.3) is 5.91 Å². The number of hydrogen-bond acceptors (Lipinski definition) is 3. The molecule has 1 atom stereocenters. The molecule has 0 aliphatic carbocycles. The van der Waals surface area contributed by atoms with Crippen LogP contribution in [-0.4, -0.2) is 33.7 Å². The molecule has 2 heterocycles. The van der Waals surface area contributed by atoms with Gasteiger partial charge in [0.2, 0.25) is 0 Å². The molecule has 0 saturated carbocycles. The van der Waals surface area contributed by atoms with Gasteiger partial charge >= 0.3 is 0 Å². The third kappa shape index (κ3) is 3.96. The van der Waals surface area contributed by atoms with Gasteiger partial charge in [0, 0.05) is 30.4 Å². The van der Waals surface area contributed by atoms with Crippen LogP contribution in [0.25, 0.3) is 11.1 Å². The average molecular weight is 370 g/mol. The van der Waals surface area contributed by atoms with Crippen LogP contribution in [0.2, 0.25) is 0 Å². The second-order valence-electron chi connectivity index (χ2n) is 7.21. The first-order valence-electron chi connectivity index (χ1n) is 9.58. The van der Waals surface area contributed by atoms with Gasteiger partial charge < -0.3 is 4.90 Å². The Labute approximate surface area is 164 Å². The number of piperidine rings is 1. The van der Waals surface area contributed by atoms with Gasteiger partial charge in [-0.2, -0.15) is 10.4 Å². The van der Waals surface area contributed by atoms with Crippen LogP contribution in [0, 0.1) is 17.2 Å². The van der Waals surface area contributed by atoms with Gasteiger partial charge in [-0.3, -0.25) is 9.48 Å². The summed E-state index contributed by atoms with van der Waals surface area (Å²) in [5, 5.41) is 13.6. The molecule has 1 unspecified atom stereocenters. The number of carbonyl (C=O) groups is 1. The third-order valence-corrected chi connectivity index (χ3v) is 5.15. The molecule has 1 aromatic heterocycles. The maximum absolute atomic E-state index is 12.9. The van der Waals surface area contributed by atoms with E-state index in [-0.39, 0.29) is 11.8 Å². The molecule has 1 saturated heterocycles. The first-order chi connectivity index (χ1) is 13.7. The number of carbonyl (C=O) groups excluding carboxylic acids is 1. The Bertz CT molecular complexity index is 1000. The van der Waals surface area contributed by atoms with Crippen LogP contribution >= 0.6 is 0 Å². The molecular weight excluding hydrogens is 348 g/mol.